The molecule has 2 rings (SSSR count). The Morgan fingerprint density at radius 2 is 1.68 bits per heavy atom. The van der Waals surface area contributed by atoms with Crippen LogP contribution in [0, 0.1) is 0 Å². The van der Waals surface area contributed by atoms with Crippen LogP contribution in [-0.2, 0) is 6.54 Å². The highest BCUT2D eigenvalue weighted by Crippen LogP contribution is 2.28. The molecule has 1 atom stereocenters. The number of carbonyl (C=O) groups is 1. The number of rotatable bonds is 9. The minimum Gasteiger partial charge on any atom is -0.496 e. The van der Waals surface area contributed by atoms with Crippen LogP contribution in [0.1, 0.15) is 24.1 Å². The van der Waals surface area contributed by atoms with Gasteiger partial charge in [0.1, 0.15) is 18.1 Å². The third-order valence-corrected chi connectivity index (χ3v) is 4.69. The highest BCUT2D eigenvalue weighted by Gasteiger charge is 2.20. The maximum atomic E-state index is 12.7. The van der Waals surface area contributed by atoms with Gasteiger partial charge in [0.2, 0.25) is 0 Å². The molecule has 1 N–H and O–H groups in total. The van der Waals surface area contributed by atoms with E-state index in [2.05, 4.69) is 10.2 Å². The van der Waals surface area contributed by atoms with Crippen LogP contribution in [0.4, 0.5) is 4.79 Å². The predicted molar refractivity (Wildman–Crippen MR) is 112 cm³/mol. The standard InChI is InChI=1S/C22H31N3O3/c1-17(19-11-7-9-13-21(19)27-5)25(4)22(26)23-16-18-10-6-8-12-20(18)28-15-14-24(2)3/h6-13,17H,14-16H2,1-5H3,(H,23,26). The van der Waals surface area contributed by atoms with E-state index in [0.29, 0.717) is 13.2 Å². The molecule has 0 radical (unpaired) electrons. The molecule has 0 aliphatic rings. The van der Waals surface area contributed by atoms with Gasteiger partial charge in [-0.2, -0.15) is 0 Å². The van der Waals surface area contributed by atoms with Gasteiger partial charge in [0.15, 0.2) is 0 Å². The Bertz CT molecular complexity index is 764. The van der Waals surface area contributed by atoms with Crippen molar-refractivity contribution in [3.63, 3.8) is 0 Å². The van der Waals surface area contributed by atoms with Gasteiger partial charge < -0.3 is 24.6 Å². The number of ether oxygens (including phenoxy) is 2. The van der Waals surface area contributed by atoms with Crippen molar-refractivity contribution in [1.82, 2.24) is 15.1 Å². The molecular weight excluding hydrogens is 354 g/mol. The van der Waals surface area contributed by atoms with E-state index in [4.69, 9.17) is 9.47 Å². The van der Waals surface area contributed by atoms with E-state index in [-0.39, 0.29) is 12.1 Å². The zero-order chi connectivity index (χ0) is 20.5. The number of carbonyl (C=O) groups excluding carboxylic acids is 1. The lowest BCUT2D eigenvalue weighted by molar-refractivity contribution is 0.193. The fourth-order valence-electron chi connectivity index (χ4n) is 2.82. The molecule has 6 heteroatoms. The molecule has 0 aromatic heterocycles. The molecule has 2 aromatic rings. The largest absolute Gasteiger partial charge is 0.496 e. The quantitative estimate of drug-likeness (QED) is 0.717. The summed E-state index contributed by atoms with van der Waals surface area (Å²) in [6, 6.07) is 15.2. The van der Waals surface area contributed by atoms with Crippen LogP contribution in [0.3, 0.4) is 0 Å². The molecule has 0 saturated heterocycles. The zero-order valence-electron chi connectivity index (χ0n) is 17.4. The molecule has 0 saturated carbocycles. The number of likely N-dealkylation sites (N-methyl/N-ethyl adjacent to an activating group) is 1. The van der Waals surface area contributed by atoms with Crippen molar-refractivity contribution in [2.45, 2.75) is 19.5 Å². The molecule has 0 aliphatic carbocycles. The summed E-state index contributed by atoms with van der Waals surface area (Å²) < 4.78 is 11.3. The lowest BCUT2D eigenvalue weighted by atomic mass is 10.1. The average Bonchev–Trinajstić information content (AvgIpc) is 2.71. The third kappa shape index (κ3) is 5.89. The SMILES string of the molecule is COc1ccccc1C(C)N(C)C(=O)NCc1ccccc1OCCN(C)C. The Kier molecular flexibility index (Phi) is 8.14. The smallest absolute Gasteiger partial charge is 0.317 e. The molecule has 6 nitrogen and oxygen atoms in total. The Morgan fingerprint density at radius 1 is 1.04 bits per heavy atom. The van der Waals surface area contributed by atoms with Crippen LogP contribution >= 0.6 is 0 Å². The summed E-state index contributed by atoms with van der Waals surface area (Å²) in [5.74, 6) is 1.57. The number of hydrogen-bond donors (Lipinski definition) is 1. The van der Waals surface area contributed by atoms with E-state index < -0.39 is 0 Å². The van der Waals surface area contributed by atoms with Gasteiger partial charge in [-0.15, -0.1) is 0 Å². The topological polar surface area (TPSA) is 54.0 Å². The molecule has 0 bridgehead atoms. The molecule has 1 unspecified atom stereocenters. The average molecular weight is 386 g/mol. The van der Waals surface area contributed by atoms with Crippen molar-refractivity contribution in [2.75, 3.05) is 41.4 Å². The van der Waals surface area contributed by atoms with Crippen molar-refractivity contribution in [1.29, 1.82) is 0 Å². The monoisotopic (exact) mass is 385 g/mol. The predicted octanol–water partition coefficient (Wildman–Crippen LogP) is 3.54. The molecule has 28 heavy (non-hydrogen) atoms. The van der Waals surface area contributed by atoms with Crippen molar-refractivity contribution in [3.8, 4) is 11.5 Å². The molecule has 0 heterocycles. The van der Waals surface area contributed by atoms with Crippen LogP contribution < -0.4 is 14.8 Å². The number of hydrogen-bond acceptors (Lipinski definition) is 4. The van der Waals surface area contributed by atoms with Gasteiger partial charge in [-0.3, -0.25) is 0 Å². The van der Waals surface area contributed by atoms with Crippen molar-refractivity contribution in [3.05, 3.63) is 59.7 Å². The van der Waals surface area contributed by atoms with Crippen LogP contribution in [0.25, 0.3) is 0 Å². The summed E-state index contributed by atoms with van der Waals surface area (Å²) in [5, 5.41) is 2.98. The molecule has 152 valence electrons. The van der Waals surface area contributed by atoms with Crippen molar-refractivity contribution in [2.24, 2.45) is 0 Å². The van der Waals surface area contributed by atoms with Crippen LogP contribution in [-0.4, -0.2) is 57.2 Å². The second kappa shape index (κ2) is 10.6. The Balaban J connectivity index is 1.98. The number of para-hydroxylation sites is 2. The Morgan fingerprint density at radius 3 is 2.36 bits per heavy atom. The second-order valence-electron chi connectivity index (χ2n) is 6.95. The zero-order valence-corrected chi connectivity index (χ0v) is 17.4. The first-order chi connectivity index (χ1) is 13.4. The van der Waals surface area contributed by atoms with E-state index in [9.17, 15) is 4.79 Å². The first-order valence-electron chi connectivity index (χ1n) is 9.43. The summed E-state index contributed by atoms with van der Waals surface area (Å²) in [7, 11) is 7.44. The summed E-state index contributed by atoms with van der Waals surface area (Å²) in [4.78, 5) is 16.4. The first kappa shape index (κ1) is 21.6. The van der Waals surface area contributed by atoms with E-state index in [1.807, 2.05) is 69.6 Å². The van der Waals surface area contributed by atoms with Crippen LogP contribution in [0.15, 0.2) is 48.5 Å². The number of amides is 2. The normalized spacial score (nSPS) is 11.8. The van der Waals surface area contributed by atoms with Gasteiger partial charge in [0, 0.05) is 31.3 Å². The van der Waals surface area contributed by atoms with E-state index in [1.165, 1.54) is 0 Å². The summed E-state index contributed by atoms with van der Waals surface area (Å²) in [6.45, 7) is 3.82. The number of benzene rings is 2. The second-order valence-corrected chi connectivity index (χ2v) is 6.95. The number of methoxy groups -OCH3 is 1. The number of urea groups is 1. The number of nitrogens with zero attached hydrogens (tertiary/aromatic N) is 2. The maximum absolute atomic E-state index is 12.7. The van der Waals surface area contributed by atoms with E-state index in [1.54, 1.807) is 19.1 Å². The fraction of sp³-hybridized carbons (Fsp3) is 0.409. The molecule has 0 spiro atoms. The lowest BCUT2D eigenvalue weighted by Gasteiger charge is -2.27. The van der Waals surface area contributed by atoms with Gasteiger partial charge >= 0.3 is 6.03 Å². The van der Waals surface area contributed by atoms with Gasteiger partial charge in [-0.25, -0.2) is 4.79 Å². The fourth-order valence-corrected chi connectivity index (χ4v) is 2.82. The molecule has 0 fully saturated rings. The maximum Gasteiger partial charge on any atom is 0.317 e. The Labute approximate surface area is 168 Å². The molecule has 2 amide bonds. The minimum absolute atomic E-state index is 0.122. The van der Waals surface area contributed by atoms with E-state index in [0.717, 1.165) is 29.2 Å². The summed E-state index contributed by atoms with van der Waals surface area (Å²) in [6.07, 6.45) is 0. The lowest BCUT2D eigenvalue weighted by Crippen LogP contribution is -2.38. The Hall–Kier alpha value is -2.73. The molecule has 2 aromatic carbocycles. The summed E-state index contributed by atoms with van der Waals surface area (Å²) >= 11 is 0. The van der Waals surface area contributed by atoms with Gasteiger partial charge in [-0.1, -0.05) is 36.4 Å². The van der Waals surface area contributed by atoms with Gasteiger partial charge in [-0.05, 0) is 33.2 Å². The van der Waals surface area contributed by atoms with Crippen LogP contribution in [0.5, 0.6) is 11.5 Å². The summed E-state index contributed by atoms with van der Waals surface area (Å²) in [5.41, 5.74) is 1.92. The highest BCUT2D eigenvalue weighted by atomic mass is 16.5. The molecule has 0 aliphatic heterocycles. The van der Waals surface area contributed by atoms with Crippen molar-refractivity contribution >= 4 is 6.03 Å². The van der Waals surface area contributed by atoms with Crippen LogP contribution in [0.2, 0.25) is 0 Å². The third-order valence-electron chi connectivity index (χ3n) is 4.69. The molecular formula is C22H31N3O3. The highest BCUT2D eigenvalue weighted by molar-refractivity contribution is 5.74. The minimum atomic E-state index is -0.151. The van der Waals surface area contributed by atoms with Gasteiger partial charge in [0.25, 0.3) is 0 Å². The number of nitrogens with one attached hydrogen (secondary N) is 1. The van der Waals surface area contributed by atoms with Gasteiger partial charge in [0.05, 0.1) is 13.2 Å². The van der Waals surface area contributed by atoms with Crippen molar-refractivity contribution < 1.29 is 14.3 Å². The van der Waals surface area contributed by atoms with E-state index >= 15 is 0 Å². The first-order valence-corrected chi connectivity index (χ1v) is 9.43.